The molecule has 104 valence electrons. The van der Waals surface area contributed by atoms with Gasteiger partial charge in [-0.25, -0.2) is 0 Å². The minimum Gasteiger partial charge on any atom is -0.396 e. The van der Waals surface area contributed by atoms with Crippen LogP contribution >= 0.6 is 0 Å². The quantitative estimate of drug-likeness (QED) is 0.898. The van der Waals surface area contributed by atoms with E-state index in [4.69, 9.17) is 0 Å². The Morgan fingerprint density at radius 2 is 2.00 bits per heavy atom. The van der Waals surface area contributed by atoms with Crippen LogP contribution in [-0.4, -0.2) is 35.7 Å². The van der Waals surface area contributed by atoms with Crippen LogP contribution in [0.3, 0.4) is 0 Å². The van der Waals surface area contributed by atoms with Crippen molar-refractivity contribution in [1.29, 1.82) is 0 Å². The van der Waals surface area contributed by atoms with E-state index in [-0.39, 0.29) is 0 Å². The van der Waals surface area contributed by atoms with Crippen LogP contribution in [0.1, 0.15) is 43.6 Å². The van der Waals surface area contributed by atoms with Crippen LogP contribution in [0.15, 0.2) is 30.3 Å². The van der Waals surface area contributed by atoms with Crippen LogP contribution in [0.2, 0.25) is 0 Å². The van der Waals surface area contributed by atoms with Crippen molar-refractivity contribution in [3.8, 4) is 0 Å². The largest absolute Gasteiger partial charge is 0.396 e. The van der Waals surface area contributed by atoms with Crippen LogP contribution in [0, 0.1) is 5.92 Å². The number of aliphatic hydroxyl groups excluding tert-OH is 1. The summed E-state index contributed by atoms with van der Waals surface area (Å²) in [6.45, 7) is 0.331. The zero-order valence-corrected chi connectivity index (χ0v) is 11.8. The summed E-state index contributed by atoms with van der Waals surface area (Å²) in [7, 11) is 2.30. The Hall–Kier alpha value is -0.860. The standard InChI is InChI=1S/C17H25NO/c1-18-14-9-10-17(18)15(8-5-11-19)16(12-14)13-6-3-2-4-7-13/h2-4,6-7,14-17,19H,5,8-12H2,1H3/t14?,15-,16+,17?/m0/s1. The Morgan fingerprint density at radius 3 is 2.74 bits per heavy atom. The van der Waals surface area contributed by atoms with Gasteiger partial charge in [-0.1, -0.05) is 30.3 Å². The van der Waals surface area contributed by atoms with E-state index < -0.39 is 0 Å². The highest BCUT2D eigenvalue weighted by atomic mass is 16.2. The molecule has 2 aliphatic heterocycles. The van der Waals surface area contributed by atoms with Gasteiger partial charge in [-0.3, -0.25) is 0 Å². The van der Waals surface area contributed by atoms with Crippen molar-refractivity contribution in [3.05, 3.63) is 35.9 Å². The average molecular weight is 259 g/mol. The number of rotatable bonds is 4. The lowest BCUT2D eigenvalue weighted by molar-refractivity contribution is 0.0894. The molecule has 0 saturated carbocycles. The lowest BCUT2D eigenvalue weighted by Gasteiger charge is -2.43. The van der Waals surface area contributed by atoms with E-state index in [1.807, 2.05) is 0 Å². The Morgan fingerprint density at radius 1 is 1.21 bits per heavy atom. The van der Waals surface area contributed by atoms with E-state index in [1.54, 1.807) is 0 Å². The number of nitrogens with zero attached hydrogens (tertiary/aromatic N) is 1. The fourth-order valence-corrected chi connectivity index (χ4v) is 4.38. The molecule has 0 aromatic heterocycles. The fourth-order valence-electron chi connectivity index (χ4n) is 4.38. The topological polar surface area (TPSA) is 23.5 Å². The molecule has 1 aromatic rings. The van der Waals surface area contributed by atoms with Crippen molar-refractivity contribution in [2.24, 2.45) is 5.92 Å². The summed E-state index contributed by atoms with van der Waals surface area (Å²) >= 11 is 0. The van der Waals surface area contributed by atoms with E-state index in [9.17, 15) is 5.11 Å². The smallest absolute Gasteiger partial charge is 0.0431 e. The summed E-state index contributed by atoms with van der Waals surface area (Å²) in [4.78, 5) is 2.61. The van der Waals surface area contributed by atoms with Crippen molar-refractivity contribution < 1.29 is 5.11 Å². The normalized spacial score (nSPS) is 34.6. The number of fused-ring (bicyclic) bond motifs is 2. The minimum absolute atomic E-state index is 0.331. The van der Waals surface area contributed by atoms with Gasteiger partial charge in [0.25, 0.3) is 0 Å². The molecule has 2 bridgehead atoms. The van der Waals surface area contributed by atoms with Crippen LogP contribution in [0.4, 0.5) is 0 Å². The van der Waals surface area contributed by atoms with E-state index in [0.717, 1.165) is 30.8 Å². The van der Waals surface area contributed by atoms with Crippen molar-refractivity contribution in [2.75, 3.05) is 13.7 Å². The van der Waals surface area contributed by atoms with Gasteiger partial charge in [-0.15, -0.1) is 0 Å². The Labute approximate surface area is 116 Å². The Balaban J connectivity index is 1.84. The maximum atomic E-state index is 9.18. The second-order valence-electron chi connectivity index (χ2n) is 6.25. The van der Waals surface area contributed by atoms with Gasteiger partial charge in [0.1, 0.15) is 0 Å². The van der Waals surface area contributed by atoms with Crippen molar-refractivity contribution in [3.63, 3.8) is 0 Å². The third-order valence-electron chi connectivity index (χ3n) is 5.36. The second kappa shape index (κ2) is 5.64. The van der Waals surface area contributed by atoms with Gasteiger partial charge in [0.2, 0.25) is 0 Å². The summed E-state index contributed by atoms with van der Waals surface area (Å²) in [5.41, 5.74) is 1.51. The first-order valence-corrected chi connectivity index (χ1v) is 7.69. The predicted molar refractivity (Wildman–Crippen MR) is 78.2 cm³/mol. The van der Waals surface area contributed by atoms with Crippen LogP contribution in [-0.2, 0) is 0 Å². The van der Waals surface area contributed by atoms with E-state index in [2.05, 4.69) is 42.3 Å². The molecular weight excluding hydrogens is 234 g/mol. The lowest BCUT2D eigenvalue weighted by Crippen LogP contribution is -2.45. The van der Waals surface area contributed by atoms with Gasteiger partial charge in [0.05, 0.1) is 0 Å². The highest BCUT2D eigenvalue weighted by Gasteiger charge is 2.45. The van der Waals surface area contributed by atoms with Gasteiger partial charge >= 0.3 is 0 Å². The monoisotopic (exact) mass is 259 g/mol. The third-order valence-corrected chi connectivity index (χ3v) is 5.36. The predicted octanol–water partition coefficient (Wildman–Crippen LogP) is 3.03. The molecule has 2 aliphatic rings. The van der Waals surface area contributed by atoms with Gasteiger partial charge in [-0.05, 0) is 56.6 Å². The molecule has 2 heteroatoms. The minimum atomic E-state index is 0.331. The average Bonchev–Trinajstić information content (AvgIpc) is 2.70. The highest BCUT2D eigenvalue weighted by Crippen LogP contribution is 2.47. The zero-order valence-electron chi connectivity index (χ0n) is 11.8. The van der Waals surface area contributed by atoms with Gasteiger partial charge in [-0.2, -0.15) is 0 Å². The van der Waals surface area contributed by atoms with Crippen molar-refractivity contribution >= 4 is 0 Å². The molecule has 1 N–H and O–H groups in total. The number of hydrogen-bond acceptors (Lipinski definition) is 2. The molecule has 0 amide bonds. The molecule has 3 rings (SSSR count). The number of aliphatic hydroxyl groups is 1. The molecule has 1 aromatic carbocycles. The Bertz CT molecular complexity index is 405. The van der Waals surface area contributed by atoms with Crippen LogP contribution in [0.25, 0.3) is 0 Å². The molecule has 19 heavy (non-hydrogen) atoms. The molecule has 2 nitrogen and oxygen atoms in total. The van der Waals surface area contributed by atoms with Gasteiger partial charge in [0, 0.05) is 18.7 Å². The first kappa shape index (κ1) is 13.1. The lowest BCUT2D eigenvalue weighted by atomic mass is 9.74. The molecule has 4 atom stereocenters. The summed E-state index contributed by atoms with van der Waals surface area (Å²) in [5, 5.41) is 9.18. The summed E-state index contributed by atoms with van der Waals surface area (Å²) < 4.78 is 0. The van der Waals surface area contributed by atoms with Crippen LogP contribution < -0.4 is 0 Å². The maximum Gasteiger partial charge on any atom is 0.0431 e. The number of hydrogen-bond donors (Lipinski definition) is 1. The molecule has 0 spiro atoms. The zero-order chi connectivity index (χ0) is 13.2. The van der Waals surface area contributed by atoms with Gasteiger partial charge in [0.15, 0.2) is 0 Å². The SMILES string of the molecule is CN1C2CCC1[C@@H](CCCO)[C@@H](c1ccccc1)C2. The highest BCUT2D eigenvalue weighted by molar-refractivity contribution is 5.23. The van der Waals surface area contributed by atoms with E-state index >= 15 is 0 Å². The van der Waals surface area contributed by atoms with Crippen molar-refractivity contribution in [2.45, 2.75) is 50.1 Å². The van der Waals surface area contributed by atoms with E-state index in [1.165, 1.54) is 24.8 Å². The summed E-state index contributed by atoms with van der Waals surface area (Å²) in [6.07, 6.45) is 6.12. The van der Waals surface area contributed by atoms with Crippen molar-refractivity contribution in [1.82, 2.24) is 4.90 Å². The van der Waals surface area contributed by atoms with Crippen LogP contribution in [0.5, 0.6) is 0 Å². The first-order valence-electron chi connectivity index (χ1n) is 7.69. The first-order chi connectivity index (χ1) is 9.31. The van der Waals surface area contributed by atoms with E-state index in [0.29, 0.717) is 12.5 Å². The maximum absolute atomic E-state index is 9.18. The Kier molecular flexibility index (Phi) is 3.90. The second-order valence-corrected chi connectivity index (χ2v) is 6.25. The molecule has 0 radical (unpaired) electrons. The van der Waals surface area contributed by atoms with Gasteiger partial charge < -0.3 is 10.0 Å². The number of piperidine rings is 1. The summed E-state index contributed by atoms with van der Waals surface area (Å²) in [6, 6.07) is 12.5. The molecule has 2 fully saturated rings. The summed E-state index contributed by atoms with van der Waals surface area (Å²) in [5.74, 6) is 1.42. The molecular formula is C17H25NO. The molecule has 0 aliphatic carbocycles. The molecule has 2 heterocycles. The molecule has 2 saturated heterocycles. The molecule has 2 unspecified atom stereocenters. The fraction of sp³-hybridized carbons (Fsp3) is 0.647. The number of benzene rings is 1. The third kappa shape index (κ3) is 2.44.